The standard InChI is InChI=1S/C25H28N2O8S2/c1-5-21(35-36(4,29)30)22(25(28)34-3)23-24-18(13-14-26-23)19-15-16(33-2)11-12-20(19)27(24)37(31,32)17-9-7-6-8-10-17/h5-12,15,21-23,26H,1,13-14H2,2-4H3. The minimum atomic E-state index is -4.15. The lowest BCUT2D eigenvalue weighted by molar-refractivity contribution is -0.149. The highest BCUT2D eigenvalue weighted by Gasteiger charge is 2.44. The van der Waals surface area contributed by atoms with Crippen molar-refractivity contribution in [2.75, 3.05) is 27.0 Å². The molecule has 0 bridgehead atoms. The summed E-state index contributed by atoms with van der Waals surface area (Å²) in [5, 5.41) is 3.85. The number of carbonyl (C=O) groups excluding carboxylic acids is 1. The predicted octanol–water partition coefficient (Wildman–Crippen LogP) is 2.39. The molecule has 0 saturated heterocycles. The average Bonchev–Trinajstić information content (AvgIpc) is 3.23. The third-order valence-corrected chi connectivity index (χ3v) is 8.61. The molecule has 1 aliphatic rings. The van der Waals surface area contributed by atoms with Gasteiger partial charge >= 0.3 is 5.97 Å². The quantitative estimate of drug-likeness (QED) is 0.243. The van der Waals surface area contributed by atoms with Crippen LogP contribution in [-0.4, -0.2) is 59.9 Å². The van der Waals surface area contributed by atoms with Crippen molar-refractivity contribution in [1.29, 1.82) is 0 Å². The van der Waals surface area contributed by atoms with E-state index in [1.165, 1.54) is 36.4 Å². The highest BCUT2D eigenvalue weighted by Crippen LogP contribution is 2.41. The van der Waals surface area contributed by atoms with E-state index in [4.69, 9.17) is 13.7 Å². The molecule has 10 nitrogen and oxygen atoms in total. The van der Waals surface area contributed by atoms with Crippen LogP contribution in [0.5, 0.6) is 5.75 Å². The van der Waals surface area contributed by atoms with Crippen LogP contribution in [0.4, 0.5) is 0 Å². The highest BCUT2D eigenvalue weighted by molar-refractivity contribution is 7.90. The van der Waals surface area contributed by atoms with Crippen molar-refractivity contribution in [3.05, 3.63) is 72.4 Å². The second-order valence-electron chi connectivity index (χ2n) is 8.56. The molecule has 1 aliphatic heterocycles. The zero-order valence-corrected chi connectivity index (χ0v) is 22.2. The molecular weight excluding hydrogens is 520 g/mol. The van der Waals surface area contributed by atoms with Gasteiger partial charge in [-0.15, -0.1) is 6.58 Å². The molecular formula is C25H28N2O8S2. The van der Waals surface area contributed by atoms with Crippen molar-refractivity contribution in [1.82, 2.24) is 9.29 Å². The fourth-order valence-corrected chi connectivity index (χ4v) is 6.99. The van der Waals surface area contributed by atoms with Gasteiger partial charge in [-0.3, -0.25) is 8.98 Å². The van der Waals surface area contributed by atoms with Gasteiger partial charge in [-0.1, -0.05) is 24.3 Å². The van der Waals surface area contributed by atoms with E-state index < -0.39 is 44.2 Å². The second kappa shape index (κ2) is 10.3. The van der Waals surface area contributed by atoms with Gasteiger partial charge in [0.1, 0.15) is 17.8 Å². The van der Waals surface area contributed by atoms with Gasteiger partial charge in [0, 0.05) is 5.39 Å². The summed E-state index contributed by atoms with van der Waals surface area (Å²) in [7, 11) is -5.47. The SMILES string of the molecule is C=CC(OS(C)(=O)=O)C(C(=O)OC)C1NCCc2c1n(S(=O)(=O)c1ccccc1)c1ccc(OC)cc21. The maximum atomic E-state index is 14.1. The van der Waals surface area contributed by atoms with Crippen LogP contribution in [0.1, 0.15) is 17.3 Å². The lowest BCUT2D eigenvalue weighted by atomic mass is 9.86. The van der Waals surface area contributed by atoms with Crippen LogP contribution >= 0.6 is 0 Å². The van der Waals surface area contributed by atoms with Gasteiger partial charge in [0.05, 0.1) is 42.6 Å². The van der Waals surface area contributed by atoms with Crippen molar-refractivity contribution >= 4 is 37.0 Å². The number of carbonyl (C=O) groups is 1. The molecule has 2 heterocycles. The number of nitrogens with zero attached hydrogens (tertiary/aromatic N) is 1. The van der Waals surface area contributed by atoms with Crippen molar-refractivity contribution in [3.8, 4) is 5.75 Å². The molecule has 4 rings (SSSR count). The summed E-state index contributed by atoms with van der Waals surface area (Å²) >= 11 is 0. The third kappa shape index (κ3) is 5.01. The van der Waals surface area contributed by atoms with E-state index in [1.807, 2.05) is 0 Å². The fraction of sp³-hybridized carbons (Fsp3) is 0.320. The van der Waals surface area contributed by atoms with Crippen LogP contribution in [0.3, 0.4) is 0 Å². The second-order valence-corrected chi connectivity index (χ2v) is 11.9. The summed E-state index contributed by atoms with van der Waals surface area (Å²) in [4.78, 5) is 13.1. The van der Waals surface area contributed by atoms with Crippen molar-refractivity contribution in [2.45, 2.75) is 23.5 Å². The molecule has 198 valence electrons. The average molecular weight is 549 g/mol. The Morgan fingerprint density at radius 1 is 1.14 bits per heavy atom. The number of esters is 1. The van der Waals surface area contributed by atoms with Crippen LogP contribution in [0.15, 0.2) is 66.1 Å². The van der Waals surface area contributed by atoms with E-state index in [0.29, 0.717) is 35.2 Å². The molecule has 37 heavy (non-hydrogen) atoms. The van der Waals surface area contributed by atoms with Crippen molar-refractivity contribution in [3.63, 3.8) is 0 Å². The van der Waals surface area contributed by atoms with E-state index in [1.54, 1.807) is 36.4 Å². The van der Waals surface area contributed by atoms with Gasteiger partial charge < -0.3 is 14.8 Å². The molecule has 0 spiro atoms. The number of benzene rings is 2. The first kappa shape index (κ1) is 26.9. The topological polar surface area (TPSA) is 130 Å². The Hall–Kier alpha value is -3.19. The highest BCUT2D eigenvalue weighted by atomic mass is 32.2. The molecule has 3 aromatic rings. The van der Waals surface area contributed by atoms with Crippen LogP contribution in [0.25, 0.3) is 10.9 Å². The zero-order valence-electron chi connectivity index (χ0n) is 20.6. The first-order chi connectivity index (χ1) is 17.5. The van der Waals surface area contributed by atoms with E-state index in [0.717, 1.165) is 6.26 Å². The molecule has 3 atom stereocenters. The molecule has 0 fully saturated rings. The molecule has 1 aromatic heterocycles. The number of hydrogen-bond acceptors (Lipinski definition) is 9. The number of nitrogens with one attached hydrogen (secondary N) is 1. The van der Waals surface area contributed by atoms with Gasteiger partial charge in [-0.2, -0.15) is 8.42 Å². The molecule has 1 N–H and O–H groups in total. The monoisotopic (exact) mass is 548 g/mol. The molecule has 0 radical (unpaired) electrons. The van der Waals surface area contributed by atoms with Gasteiger partial charge in [-0.05, 0) is 48.9 Å². The number of hydrogen-bond donors (Lipinski definition) is 1. The Balaban J connectivity index is 2.05. The predicted molar refractivity (Wildman–Crippen MR) is 137 cm³/mol. The summed E-state index contributed by atoms with van der Waals surface area (Å²) in [5.74, 6) is -1.52. The first-order valence-corrected chi connectivity index (χ1v) is 14.6. The van der Waals surface area contributed by atoms with Crippen LogP contribution in [0, 0.1) is 5.92 Å². The molecule has 0 saturated carbocycles. The minimum absolute atomic E-state index is 0.0529. The largest absolute Gasteiger partial charge is 0.497 e. The van der Waals surface area contributed by atoms with E-state index in [9.17, 15) is 21.6 Å². The third-order valence-electron chi connectivity index (χ3n) is 6.30. The Kier molecular flexibility index (Phi) is 7.47. The summed E-state index contributed by atoms with van der Waals surface area (Å²) in [6.45, 7) is 4.04. The summed E-state index contributed by atoms with van der Waals surface area (Å²) < 4.78 is 68.9. The fourth-order valence-electron chi connectivity index (χ4n) is 4.77. The summed E-state index contributed by atoms with van der Waals surface area (Å²) in [6.07, 6.45) is 1.18. The van der Waals surface area contributed by atoms with E-state index in [-0.39, 0.29) is 10.6 Å². The zero-order chi connectivity index (χ0) is 27.0. The van der Waals surface area contributed by atoms with Gasteiger partial charge in [-0.25, -0.2) is 12.4 Å². The first-order valence-electron chi connectivity index (χ1n) is 11.4. The number of methoxy groups -OCH3 is 2. The Labute approximate surface area is 216 Å². The van der Waals surface area contributed by atoms with Gasteiger partial charge in [0.25, 0.3) is 20.1 Å². The molecule has 3 unspecified atom stereocenters. The molecule has 0 aliphatic carbocycles. The molecule has 12 heteroatoms. The summed E-state index contributed by atoms with van der Waals surface area (Å²) in [5.41, 5.74) is 1.37. The van der Waals surface area contributed by atoms with Crippen molar-refractivity contribution < 1.29 is 35.3 Å². The summed E-state index contributed by atoms with van der Waals surface area (Å²) in [6, 6.07) is 12.0. The maximum absolute atomic E-state index is 14.1. The van der Waals surface area contributed by atoms with Crippen molar-refractivity contribution in [2.24, 2.45) is 5.92 Å². The molecule has 0 amide bonds. The van der Waals surface area contributed by atoms with E-state index >= 15 is 0 Å². The number of rotatable bonds is 9. The number of aromatic nitrogens is 1. The molecule has 2 aromatic carbocycles. The lowest BCUT2D eigenvalue weighted by Gasteiger charge is -2.34. The Bertz CT molecular complexity index is 1550. The maximum Gasteiger partial charge on any atom is 0.313 e. The smallest absolute Gasteiger partial charge is 0.313 e. The number of ether oxygens (including phenoxy) is 2. The normalized spacial score (nSPS) is 17.5. The van der Waals surface area contributed by atoms with Crippen LogP contribution < -0.4 is 10.1 Å². The van der Waals surface area contributed by atoms with Crippen LogP contribution in [-0.2, 0) is 40.3 Å². The van der Waals surface area contributed by atoms with Gasteiger partial charge in [0.2, 0.25) is 0 Å². The minimum Gasteiger partial charge on any atom is -0.497 e. The van der Waals surface area contributed by atoms with E-state index in [2.05, 4.69) is 11.9 Å². The lowest BCUT2D eigenvalue weighted by Crippen LogP contribution is -2.45. The van der Waals surface area contributed by atoms with Crippen LogP contribution in [0.2, 0.25) is 0 Å². The Morgan fingerprint density at radius 2 is 1.84 bits per heavy atom. The number of fused-ring (bicyclic) bond motifs is 3. The van der Waals surface area contributed by atoms with Gasteiger partial charge in [0.15, 0.2) is 0 Å². The Morgan fingerprint density at radius 3 is 2.43 bits per heavy atom.